The predicted octanol–water partition coefficient (Wildman–Crippen LogP) is 7.21. The molecule has 2 unspecified atom stereocenters. The van der Waals surface area contributed by atoms with Gasteiger partial charge in [0.25, 0.3) is 0 Å². The maximum atomic E-state index is 12.9. The molecule has 1 fully saturated rings. The quantitative estimate of drug-likeness (QED) is 0.185. The van der Waals surface area contributed by atoms with E-state index >= 15 is 0 Å². The molecule has 192 valence electrons. The Balaban J connectivity index is 1.22. The van der Waals surface area contributed by atoms with Crippen molar-refractivity contribution in [3.8, 4) is 22.3 Å². The first-order valence-corrected chi connectivity index (χ1v) is 12.7. The minimum absolute atomic E-state index is 0.399. The van der Waals surface area contributed by atoms with Gasteiger partial charge in [-0.3, -0.25) is 9.78 Å². The second-order valence-electron chi connectivity index (χ2n) is 9.12. The van der Waals surface area contributed by atoms with Crippen LogP contribution in [0, 0.1) is 0 Å². The van der Waals surface area contributed by atoms with Crippen LogP contribution in [0.1, 0.15) is 46.4 Å². The molecule has 0 bridgehead atoms. The van der Waals surface area contributed by atoms with Crippen molar-refractivity contribution in [3.63, 3.8) is 0 Å². The molecule has 1 aliphatic rings. The molecule has 4 aromatic rings. The first-order chi connectivity index (χ1) is 18.7. The number of rotatable bonds is 8. The van der Waals surface area contributed by atoms with E-state index in [9.17, 15) is 9.59 Å². The van der Waals surface area contributed by atoms with E-state index in [0.717, 1.165) is 35.1 Å². The zero-order valence-electron chi connectivity index (χ0n) is 20.8. The molecule has 1 aliphatic carbocycles. The van der Waals surface area contributed by atoms with Crippen molar-refractivity contribution in [2.24, 2.45) is 0 Å². The summed E-state index contributed by atoms with van der Waals surface area (Å²) in [6.45, 7) is 0. The van der Waals surface area contributed by atoms with Crippen LogP contribution in [0.3, 0.4) is 0 Å². The van der Waals surface area contributed by atoms with E-state index in [1.54, 1.807) is 24.3 Å². The molecule has 0 saturated heterocycles. The third-order valence-electron chi connectivity index (χ3n) is 6.60. The van der Waals surface area contributed by atoms with Crippen molar-refractivity contribution in [2.45, 2.75) is 37.9 Å². The van der Waals surface area contributed by atoms with Crippen LogP contribution in [0.5, 0.6) is 0 Å². The van der Waals surface area contributed by atoms with Crippen molar-refractivity contribution < 1.29 is 29.1 Å². The van der Waals surface area contributed by atoms with E-state index in [4.69, 9.17) is 19.6 Å². The normalized spacial score (nSPS) is 16.9. The Hall–Kier alpha value is -4.26. The lowest BCUT2D eigenvalue weighted by atomic mass is 9.95. The molecule has 5 rings (SSSR count). The van der Waals surface area contributed by atoms with E-state index in [2.05, 4.69) is 0 Å². The van der Waals surface area contributed by atoms with Crippen molar-refractivity contribution in [1.82, 2.24) is 0 Å². The number of carbonyl (C=O) groups excluding carboxylic acids is 2. The van der Waals surface area contributed by atoms with E-state index in [0.29, 0.717) is 24.0 Å². The average Bonchev–Trinajstić information content (AvgIpc) is 3.00. The number of hydrogen-bond acceptors (Lipinski definition) is 6. The fourth-order valence-corrected chi connectivity index (χ4v) is 4.64. The molecule has 2 atom stereocenters. The second-order valence-corrected chi connectivity index (χ2v) is 9.12. The number of carbonyl (C=O) groups is 2. The Kier molecular flexibility index (Phi) is 8.23. The Labute approximate surface area is 221 Å². The highest BCUT2D eigenvalue weighted by Crippen LogP contribution is 2.28. The molecule has 0 heterocycles. The zero-order valence-corrected chi connectivity index (χ0v) is 20.8. The highest BCUT2D eigenvalue weighted by atomic mass is 17.2. The molecule has 0 amide bonds. The summed E-state index contributed by atoms with van der Waals surface area (Å²) >= 11 is 0. The standard InChI is InChI=1S/C32H28O6/c33-31(27-19-9-7-17-25(27)23-13-3-1-4-14-23)37-35-29-21-11-12-22-30(29)36-38-32(34)28-20-10-8-18-26(28)24-15-5-2-6-16-24/h1-10,13-20,29-30H,11-12,21-22H2. The number of hydrogen-bond donors (Lipinski definition) is 0. The molecule has 38 heavy (non-hydrogen) atoms. The lowest BCUT2D eigenvalue weighted by Gasteiger charge is -2.28. The summed E-state index contributed by atoms with van der Waals surface area (Å²) in [5.41, 5.74) is 4.11. The van der Waals surface area contributed by atoms with E-state index < -0.39 is 24.1 Å². The smallest absolute Gasteiger partial charge is 0.292 e. The largest absolute Gasteiger partial charge is 0.373 e. The van der Waals surface area contributed by atoms with Gasteiger partial charge in [0.2, 0.25) is 0 Å². The summed E-state index contributed by atoms with van der Waals surface area (Å²) in [7, 11) is 0. The summed E-state index contributed by atoms with van der Waals surface area (Å²) in [5, 5.41) is 0. The molecular weight excluding hydrogens is 480 g/mol. The highest BCUT2D eigenvalue weighted by molar-refractivity contribution is 5.97. The minimum Gasteiger partial charge on any atom is -0.292 e. The van der Waals surface area contributed by atoms with E-state index in [1.165, 1.54) is 0 Å². The second kappa shape index (κ2) is 12.3. The highest BCUT2D eigenvalue weighted by Gasteiger charge is 2.32. The van der Waals surface area contributed by atoms with Crippen molar-refractivity contribution in [2.75, 3.05) is 0 Å². The van der Waals surface area contributed by atoms with Gasteiger partial charge in [-0.25, -0.2) is 9.59 Å². The minimum atomic E-state index is -0.595. The summed E-state index contributed by atoms with van der Waals surface area (Å²) < 4.78 is 0. The molecule has 0 spiro atoms. The van der Waals surface area contributed by atoms with Crippen LogP contribution in [0.4, 0.5) is 0 Å². The van der Waals surface area contributed by atoms with Gasteiger partial charge in [-0.2, -0.15) is 9.78 Å². The molecule has 4 aromatic carbocycles. The predicted molar refractivity (Wildman–Crippen MR) is 143 cm³/mol. The van der Waals surface area contributed by atoms with Gasteiger partial charge in [0.05, 0.1) is 11.1 Å². The molecule has 0 radical (unpaired) electrons. The Bertz CT molecular complexity index is 1260. The topological polar surface area (TPSA) is 71.1 Å². The first kappa shape index (κ1) is 25.4. The molecule has 0 aliphatic heterocycles. The van der Waals surface area contributed by atoms with Crippen molar-refractivity contribution in [3.05, 3.63) is 120 Å². The van der Waals surface area contributed by atoms with Gasteiger partial charge in [0.15, 0.2) is 0 Å². The van der Waals surface area contributed by atoms with Crippen LogP contribution in [0.2, 0.25) is 0 Å². The van der Waals surface area contributed by atoms with E-state index in [1.807, 2.05) is 84.9 Å². The fourth-order valence-electron chi connectivity index (χ4n) is 4.64. The lowest BCUT2D eigenvalue weighted by molar-refractivity contribution is -0.352. The van der Waals surface area contributed by atoms with Gasteiger partial charge in [0.1, 0.15) is 12.2 Å². The SMILES string of the molecule is O=C(OOC1CCCCC1OOC(=O)c1ccccc1-c1ccccc1)c1ccccc1-c1ccccc1. The monoisotopic (exact) mass is 508 g/mol. The van der Waals surface area contributed by atoms with Gasteiger partial charge in [-0.05, 0) is 47.2 Å². The Morgan fingerprint density at radius 1 is 0.500 bits per heavy atom. The zero-order chi connectivity index (χ0) is 26.2. The maximum Gasteiger partial charge on any atom is 0.373 e. The summed E-state index contributed by atoms with van der Waals surface area (Å²) in [5.74, 6) is -1.19. The molecule has 0 N–H and O–H groups in total. The van der Waals surface area contributed by atoms with Crippen LogP contribution in [-0.4, -0.2) is 24.1 Å². The van der Waals surface area contributed by atoms with Gasteiger partial charge >= 0.3 is 11.9 Å². The first-order valence-electron chi connectivity index (χ1n) is 12.7. The summed E-state index contributed by atoms with van der Waals surface area (Å²) in [6.07, 6.45) is 1.86. The summed E-state index contributed by atoms with van der Waals surface area (Å²) in [6, 6.07) is 33.7. The third kappa shape index (κ3) is 5.99. The van der Waals surface area contributed by atoms with Crippen molar-refractivity contribution in [1.29, 1.82) is 0 Å². The third-order valence-corrected chi connectivity index (χ3v) is 6.60. The Morgan fingerprint density at radius 3 is 1.29 bits per heavy atom. The molecule has 6 nitrogen and oxygen atoms in total. The van der Waals surface area contributed by atoms with Crippen LogP contribution >= 0.6 is 0 Å². The maximum absolute atomic E-state index is 12.9. The van der Waals surface area contributed by atoms with E-state index in [-0.39, 0.29) is 0 Å². The molecule has 0 aromatic heterocycles. The lowest BCUT2D eigenvalue weighted by Crippen LogP contribution is -2.36. The molecule has 1 saturated carbocycles. The number of benzene rings is 4. The van der Waals surface area contributed by atoms with Gasteiger partial charge in [-0.15, -0.1) is 0 Å². The van der Waals surface area contributed by atoms with Crippen LogP contribution in [0.25, 0.3) is 22.3 Å². The fraction of sp³-hybridized carbons (Fsp3) is 0.188. The Morgan fingerprint density at radius 2 is 0.868 bits per heavy atom. The van der Waals surface area contributed by atoms with Gasteiger partial charge in [-0.1, -0.05) is 110 Å². The molecule has 6 heteroatoms. The molecular formula is C32H28O6. The van der Waals surface area contributed by atoms with Crippen LogP contribution in [0.15, 0.2) is 109 Å². The van der Waals surface area contributed by atoms with Crippen LogP contribution < -0.4 is 0 Å². The average molecular weight is 509 g/mol. The van der Waals surface area contributed by atoms with Crippen LogP contribution in [-0.2, 0) is 19.6 Å². The van der Waals surface area contributed by atoms with Crippen molar-refractivity contribution >= 4 is 11.9 Å². The van der Waals surface area contributed by atoms with Gasteiger partial charge in [0, 0.05) is 0 Å². The summed E-state index contributed by atoms with van der Waals surface area (Å²) in [4.78, 5) is 47.5. The van der Waals surface area contributed by atoms with Gasteiger partial charge < -0.3 is 0 Å².